The lowest BCUT2D eigenvalue weighted by Crippen LogP contribution is -2.45. The first-order chi connectivity index (χ1) is 12.6. The number of hydrogen-bond acceptors (Lipinski definition) is 3. The number of nitrogens with one attached hydrogen (secondary N) is 1. The molecule has 1 aromatic carbocycles. The maximum Gasteiger partial charge on any atom is 0.416 e. The van der Waals surface area contributed by atoms with Crippen LogP contribution in [-0.2, 0) is 27.1 Å². The van der Waals surface area contributed by atoms with Crippen LogP contribution < -0.4 is 5.32 Å². The van der Waals surface area contributed by atoms with Crippen molar-refractivity contribution in [2.24, 2.45) is 11.8 Å². The summed E-state index contributed by atoms with van der Waals surface area (Å²) in [4.78, 5) is 37.0. The molecule has 1 aromatic rings. The third-order valence-corrected chi connectivity index (χ3v) is 4.87. The number of amides is 2. The van der Waals surface area contributed by atoms with Crippen LogP contribution in [0, 0.1) is 11.8 Å². The van der Waals surface area contributed by atoms with Crippen molar-refractivity contribution in [2.75, 3.05) is 6.54 Å². The quantitative estimate of drug-likeness (QED) is 0.786. The van der Waals surface area contributed by atoms with Crippen LogP contribution in [0.1, 0.15) is 30.4 Å². The van der Waals surface area contributed by atoms with Gasteiger partial charge in [-0.3, -0.25) is 9.59 Å². The fraction of sp³-hybridized carbons (Fsp3) is 0.500. The highest BCUT2D eigenvalue weighted by Gasteiger charge is 2.41. The number of hydrogen-bond donors (Lipinski definition) is 2. The lowest BCUT2D eigenvalue weighted by atomic mass is 10.1. The minimum atomic E-state index is -4.47. The molecule has 2 aliphatic rings. The van der Waals surface area contributed by atoms with Crippen LogP contribution in [0.3, 0.4) is 0 Å². The SMILES string of the molecule is O=C(NC(C(=O)O)C1CC1)C1CC(=O)N(Cc2cccc(C(F)(F)F)c2)C1. The highest BCUT2D eigenvalue weighted by Crippen LogP contribution is 2.33. The van der Waals surface area contributed by atoms with E-state index in [0.717, 1.165) is 25.0 Å². The number of halogens is 3. The van der Waals surface area contributed by atoms with Crippen molar-refractivity contribution in [3.63, 3.8) is 0 Å². The Morgan fingerprint density at radius 3 is 2.59 bits per heavy atom. The molecule has 1 saturated heterocycles. The van der Waals surface area contributed by atoms with Gasteiger partial charge in [-0.2, -0.15) is 13.2 Å². The molecule has 0 spiro atoms. The molecule has 2 atom stereocenters. The van der Waals surface area contributed by atoms with Crippen LogP contribution in [-0.4, -0.2) is 40.4 Å². The summed E-state index contributed by atoms with van der Waals surface area (Å²) in [5.74, 6) is -2.73. The second kappa shape index (κ2) is 7.21. The van der Waals surface area contributed by atoms with E-state index < -0.39 is 35.6 Å². The fourth-order valence-corrected chi connectivity index (χ4v) is 3.25. The Morgan fingerprint density at radius 1 is 1.30 bits per heavy atom. The average molecular weight is 384 g/mol. The maximum absolute atomic E-state index is 12.8. The van der Waals surface area contributed by atoms with Gasteiger partial charge in [-0.1, -0.05) is 12.1 Å². The van der Waals surface area contributed by atoms with Gasteiger partial charge in [0.05, 0.1) is 11.5 Å². The van der Waals surface area contributed by atoms with Crippen LogP contribution in [0.5, 0.6) is 0 Å². The summed E-state index contributed by atoms with van der Waals surface area (Å²) in [6.07, 6.45) is -3.07. The molecule has 9 heteroatoms. The molecule has 2 N–H and O–H groups in total. The van der Waals surface area contributed by atoms with Gasteiger partial charge < -0.3 is 15.3 Å². The first kappa shape index (κ1) is 19.2. The lowest BCUT2D eigenvalue weighted by molar-refractivity contribution is -0.143. The molecular weight excluding hydrogens is 365 g/mol. The summed E-state index contributed by atoms with van der Waals surface area (Å²) >= 11 is 0. The molecule has 146 valence electrons. The molecule has 2 unspecified atom stereocenters. The van der Waals surface area contributed by atoms with Gasteiger partial charge in [0.1, 0.15) is 6.04 Å². The largest absolute Gasteiger partial charge is 0.480 e. The molecule has 1 saturated carbocycles. The van der Waals surface area contributed by atoms with Crippen molar-refractivity contribution in [2.45, 2.75) is 38.0 Å². The van der Waals surface area contributed by atoms with E-state index in [0.29, 0.717) is 5.56 Å². The van der Waals surface area contributed by atoms with Gasteiger partial charge in [0.15, 0.2) is 0 Å². The van der Waals surface area contributed by atoms with Gasteiger partial charge in [-0.15, -0.1) is 0 Å². The first-order valence-electron chi connectivity index (χ1n) is 8.62. The van der Waals surface area contributed by atoms with Crippen LogP contribution in [0.4, 0.5) is 13.2 Å². The van der Waals surface area contributed by atoms with Crippen LogP contribution in [0.15, 0.2) is 24.3 Å². The smallest absolute Gasteiger partial charge is 0.416 e. The Kier molecular flexibility index (Phi) is 5.12. The van der Waals surface area contributed by atoms with Crippen molar-refractivity contribution in [1.82, 2.24) is 10.2 Å². The lowest BCUT2D eigenvalue weighted by Gasteiger charge is -2.19. The topological polar surface area (TPSA) is 86.7 Å². The molecule has 1 aliphatic heterocycles. The zero-order valence-corrected chi connectivity index (χ0v) is 14.3. The van der Waals surface area contributed by atoms with Gasteiger partial charge in [0.2, 0.25) is 11.8 Å². The molecule has 6 nitrogen and oxygen atoms in total. The van der Waals surface area contributed by atoms with Crippen molar-refractivity contribution in [3.8, 4) is 0 Å². The Bertz CT molecular complexity index is 761. The van der Waals surface area contributed by atoms with Crippen molar-refractivity contribution >= 4 is 17.8 Å². The van der Waals surface area contributed by atoms with Crippen LogP contribution >= 0.6 is 0 Å². The molecule has 1 heterocycles. The number of carboxylic acids is 1. The zero-order chi connectivity index (χ0) is 19.8. The summed E-state index contributed by atoms with van der Waals surface area (Å²) < 4.78 is 38.4. The molecular formula is C18H19F3N2O4. The fourth-order valence-electron chi connectivity index (χ4n) is 3.25. The molecule has 1 aliphatic carbocycles. The molecule has 2 amide bonds. The standard InChI is InChI=1S/C18H19F3N2O4/c19-18(20,21)13-3-1-2-10(6-13)8-23-9-12(7-14(23)24)16(25)22-15(17(26)27)11-4-5-11/h1-3,6,11-12,15H,4-5,7-9H2,(H,22,25)(H,26,27). The third-order valence-electron chi connectivity index (χ3n) is 4.87. The number of carbonyl (C=O) groups is 3. The van der Waals surface area contributed by atoms with E-state index in [1.165, 1.54) is 17.0 Å². The van der Waals surface area contributed by atoms with Crippen LogP contribution in [0.25, 0.3) is 0 Å². The van der Waals surface area contributed by atoms with E-state index in [1.807, 2.05) is 0 Å². The second-order valence-corrected chi connectivity index (χ2v) is 7.04. The molecule has 3 rings (SSSR count). The number of aliphatic carboxylic acids is 1. The summed E-state index contributed by atoms with van der Waals surface area (Å²) in [6, 6.07) is 3.74. The summed E-state index contributed by atoms with van der Waals surface area (Å²) in [6.45, 7) is 0.0232. The molecule has 27 heavy (non-hydrogen) atoms. The number of carboxylic acid groups (broad SMARTS) is 1. The number of alkyl halides is 3. The predicted molar refractivity (Wildman–Crippen MR) is 87.3 cm³/mol. The van der Waals surface area contributed by atoms with Crippen molar-refractivity contribution in [1.29, 1.82) is 0 Å². The van der Waals surface area contributed by atoms with Crippen molar-refractivity contribution < 1.29 is 32.7 Å². The normalized spacial score (nSPS) is 21.2. The van der Waals surface area contributed by atoms with E-state index >= 15 is 0 Å². The number of nitrogens with zero attached hydrogens (tertiary/aromatic N) is 1. The van der Waals surface area contributed by atoms with E-state index in [-0.39, 0.29) is 31.3 Å². The van der Waals surface area contributed by atoms with Crippen molar-refractivity contribution in [3.05, 3.63) is 35.4 Å². The van der Waals surface area contributed by atoms with Gasteiger partial charge >= 0.3 is 12.1 Å². The number of rotatable bonds is 6. The van der Waals surface area contributed by atoms with E-state index in [4.69, 9.17) is 0 Å². The Balaban J connectivity index is 1.62. The predicted octanol–water partition coefficient (Wildman–Crippen LogP) is 2.03. The van der Waals surface area contributed by atoms with E-state index in [2.05, 4.69) is 5.32 Å². The van der Waals surface area contributed by atoms with E-state index in [1.54, 1.807) is 0 Å². The number of carbonyl (C=O) groups excluding carboxylic acids is 2. The second-order valence-electron chi connectivity index (χ2n) is 7.04. The Morgan fingerprint density at radius 2 is 2.00 bits per heavy atom. The maximum atomic E-state index is 12.8. The monoisotopic (exact) mass is 384 g/mol. The summed E-state index contributed by atoms with van der Waals surface area (Å²) in [5.41, 5.74) is -0.477. The molecule has 0 bridgehead atoms. The average Bonchev–Trinajstić information content (AvgIpc) is 3.36. The van der Waals surface area contributed by atoms with Gasteiger partial charge in [-0.25, -0.2) is 4.79 Å². The number of likely N-dealkylation sites (tertiary alicyclic amines) is 1. The minimum absolute atomic E-state index is 0.0302. The summed E-state index contributed by atoms with van der Waals surface area (Å²) in [7, 11) is 0. The van der Waals surface area contributed by atoms with Gasteiger partial charge in [-0.05, 0) is 36.5 Å². The molecule has 0 aromatic heterocycles. The highest BCUT2D eigenvalue weighted by atomic mass is 19.4. The van der Waals surface area contributed by atoms with E-state index in [9.17, 15) is 32.7 Å². The number of benzene rings is 1. The Hall–Kier alpha value is -2.58. The zero-order valence-electron chi connectivity index (χ0n) is 14.3. The summed E-state index contributed by atoms with van der Waals surface area (Å²) in [5, 5.41) is 11.7. The minimum Gasteiger partial charge on any atom is -0.480 e. The first-order valence-corrected chi connectivity index (χ1v) is 8.62. The third kappa shape index (κ3) is 4.58. The highest BCUT2D eigenvalue weighted by molar-refractivity contribution is 5.91. The van der Waals surface area contributed by atoms with Gasteiger partial charge in [0.25, 0.3) is 0 Å². The van der Waals surface area contributed by atoms with Crippen LogP contribution in [0.2, 0.25) is 0 Å². The Labute approximate surface area is 153 Å². The molecule has 2 fully saturated rings. The molecule has 0 radical (unpaired) electrons. The van der Waals surface area contributed by atoms with Gasteiger partial charge in [0, 0.05) is 19.5 Å².